The number of carbonyl (C=O) groups excluding carboxylic acids is 2. The van der Waals surface area contributed by atoms with Crippen LogP contribution in [-0.2, 0) is 9.59 Å². The van der Waals surface area contributed by atoms with Crippen LogP contribution < -0.4 is 5.32 Å². The Bertz CT molecular complexity index is 756. The molecule has 24 heavy (non-hydrogen) atoms. The van der Waals surface area contributed by atoms with E-state index in [0.29, 0.717) is 6.54 Å². The van der Waals surface area contributed by atoms with Gasteiger partial charge in [0.1, 0.15) is 0 Å². The molecule has 1 aromatic carbocycles. The van der Waals surface area contributed by atoms with Crippen LogP contribution in [-0.4, -0.2) is 39.6 Å². The molecule has 4 rings (SSSR count). The molecular formula is C18H20N4O2. The summed E-state index contributed by atoms with van der Waals surface area (Å²) in [6, 6.07) is 9.73. The second-order valence-corrected chi connectivity index (χ2v) is 6.46. The summed E-state index contributed by atoms with van der Waals surface area (Å²) in [5.41, 5.74) is 1.75. The second-order valence-electron chi connectivity index (χ2n) is 6.46. The molecule has 1 fully saturated rings. The maximum Gasteiger partial charge on any atom is 0.232 e. The fourth-order valence-corrected chi connectivity index (χ4v) is 3.68. The zero-order chi connectivity index (χ0) is 16.5. The number of nitrogens with one attached hydrogen (secondary N) is 1. The number of fused-ring (bicyclic) bond motifs is 1. The van der Waals surface area contributed by atoms with Crippen molar-refractivity contribution in [3.05, 3.63) is 48.3 Å². The highest BCUT2D eigenvalue weighted by molar-refractivity contribution is 6.04. The molecule has 2 atom stereocenters. The third kappa shape index (κ3) is 2.68. The number of para-hydroxylation sites is 1. The van der Waals surface area contributed by atoms with E-state index in [4.69, 9.17) is 0 Å². The molecular weight excluding hydrogens is 304 g/mol. The number of aromatic nitrogens is 2. The number of nitrogens with zero attached hydrogens (tertiary/aromatic N) is 3. The minimum Gasteiger partial charge on any atom is -0.341 e. The molecule has 0 unspecified atom stereocenters. The zero-order valence-corrected chi connectivity index (χ0v) is 13.4. The average Bonchev–Trinajstić information content (AvgIpc) is 3.24. The van der Waals surface area contributed by atoms with Gasteiger partial charge in [-0.3, -0.25) is 14.3 Å². The fourth-order valence-electron chi connectivity index (χ4n) is 3.68. The highest BCUT2D eigenvalue weighted by Crippen LogP contribution is 2.35. The van der Waals surface area contributed by atoms with Crippen LogP contribution in [0.1, 0.15) is 36.8 Å². The minimum atomic E-state index is -0.376. The average molecular weight is 324 g/mol. The molecule has 0 radical (unpaired) electrons. The molecule has 0 bridgehead atoms. The fraction of sp³-hybridized carbons (Fsp3) is 0.389. The first-order valence-electron chi connectivity index (χ1n) is 8.39. The number of piperidine rings is 1. The van der Waals surface area contributed by atoms with E-state index in [2.05, 4.69) is 10.4 Å². The van der Waals surface area contributed by atoms with Gasteiger partial charge in [-0.2, -0.15) is 5.10 Å². The Morgan fingerprint density at radius 3 is 3.00 bits per heavy atom. The van der Waals surface area contributed by atoms with E-state index in [1.165, 1.54) is 0 Å². The van der Waals surface area contributed by atoms with E-state index in [1.54, 1.807) is 6.20 Å². The predicted octanol–water partition coefficient (Wildman–Crippen LogP) is 2.17. The van der Waals surface area contributed by atoms with Crippen LogP contribution in [0.2, 0.25) is 0 Å². The van der Waals surface area contributed by atoms with Crippen molar-refractivity contribution in [1.82, 2.24) is 14.7 Å². The first-order chi connectivity index (χ1) is 11.7. The van der Waals surface area contributed by atoms with E-state index in [9.17, 15) is 9.59 Å². The van der Waals surface area contributed by atoms with Gasteiger partial charge in [0, 0.05) is 37.6 Å². The molecule has 0 aliphatic carbocycles. The molecule has 6 nitrogen and oxygen atoms in total. The minimum absolute atomic E-state index is 0.0451. The molecule has 3 heterocycles. The van der Waals surface area contributed by atoms with Crippen LogP contribution in [0.4, 0.5) is 5.69 Å². The Morgan fingerprint density at radius 1 is 1.29 bits per heavy atom. The SMILES string of the molecule is O=C1Nc2ccccc2[C@H]1CC(=O)N1CCC[C@@H](n2cccn2)C1. The van der Waals surface area contributed by atoms with Gasteiger partial charge in [0.15, 0.2) is 0 Å². The van der Waals surface area contributed by atoms with Crippen molar-refractivity contribution in [1.29, 1.82) is 0 Å². The Hall–Kier alpha value is -2.63. The number of carbonyl (C=O) groups is 2. The number of likely N-dealkylation sites (tertiary alicyclic amines) is 1. The Balaban J connectivity index is 1.45. The largest absolute Gasteiger partial charge is 0.341 e. The summed E-state index contributed by atoms with van der Waals surface area (Å²) in [7, 11) is 0. The number of rotatable bonds is 3. The van der Waals surface area contributed by atoms with Crippen molar-refractivity contribution in [2.45, 2.75) is 31.2 Å². The summed E-state index contributed by atoms with van der Waals surface area (Å²) >= 11 is 0. The van der Waals surface area contributed by atoms with Crippen molar-refractivity contribution in [3.8, 4) is 0 Å². The van der Waals surface area contributed by atoms with Crippen molar-refractivity contribution >= 4 is 17.5 Å². The molecule has 1 saturated heterocycles. The van der Waals surface area contributed by atoms with Gasteiger partial charge in [0.2, 0.25) is 11.8 Å². The van der Waals surface area contributed by atoms with Crippen molar-refractivity contribution < 1.29 is 9.59 Å². The Morgan fingerprint density at radius 2 is 2.17 bits per heavy atom. The van der Waals surface area contributed by atoms with E-state index in [0.717, 1.165) is 30.6 Å². The van der Waals surface area contributed by atoms with Gasteiger partial charge >= 0.3 is 0 Å². The zero-order valence-electron chi connectivity index (χ0n) is 13.4. The smallest absolute Gasteiger partial charge is 0.232 e. The lowest BCUT2D eigenvalue weighted by atomic mass is 9.96. The third-order valence-corrected chi connectivity index (χ3v) is 4.94. The van der Waals surface area contributed by atoms with Crippen LogP contribution in [0.15, 0.2) is 42.7 Å². The molecule has 6 heteroatoms. The molecule has 2 amide bonds. The van der Waals surface area contributed by atoms with Gasteiger partial charge in [0.25, 0.3) is 0 Å². The quantitative estimate of drug-likeness (QED) is 0.941. The normalized spacial score (nSPS) is 23.0. The lowest BCUT2D eigenvalue weighted by Crippen LogP contribution is -2.41. The van der Waals surface area contributed by atoms with Gasteiger partial charge in [-0.15, -0.1) is 0 Å². The summed E-state index contributed by atoms with van der Waals surface area (Å²) in [4.78, 5) is 26.8. The lowest BCUT2D eigenvalue weighted by molar-refractivity contribution is -0.135. The van der Waals surface area contributed by atoms with Crippen molar-refractivity contribution in [2.75, 3.05) is 18.4 Å². The molecule has 2 aromatic rings. The first kappa shape index (κ1) is 14.9. The highest BCUT2D eigenvalue weighted by Gasteiger charge is 2.34. The second kappa shape index (κ2) is 6.11. The molecule has 1 N–H and O–H groups in total. The van der Waals surface area contributed by atoms with Crippen LogP contribution in [0.5, 0.6) is 0 Å². The first-order valence-corrected chi connectivity index (χ1v) is 8.39. The summed E-state index contributed by atoms with van der Waals surface area (Å²) in [6.45, 7) is 1.42. The summed E-state index contributed by atoms with van der Waals surface area (Å²) < 4.78 is 1.93. The topological polar surface area (TPSA) is 67.2 Å². The highest BCUT2D eigenvalue weighted by atomic mass is 16.2. The lowest BCUT2D eigenvalue weighted by Gasteiger charge is -2.33. The van der Waals surface area contributed by atoms with Crippen molar-refractivity contribution in [2.24, 2.45) is 0 Å². The molecule has 0 spiro atoms. The number of hydrogen-bond acceptors (Lipinski definition) is 3. The van der Waals surface area contributed by atoms with Crippen LogP contribution in [0.25, 0.3) is 0 Å². The molecule has 1 aromatic heterocycles. The molecule has 0 saturated carbocycles. The number of benzene rings is 1. The van der Waals surface area contributed by atoms with E-state index in [-0.39, 0.29) is 30.2 Å². The summed E-state index contributed by atoms with van der Waals surface area (Å²) in [5.74, 6) is -0.410. The van der Waals surface area contributed by atoms with Gasteiger partial charge in [-0.25, -0.2) is 0 Å². The Labute approximate surface area is 140 Å². The van der Waals surface area contributed by atoms with Gasteiger partial charge in [0.05, 0.1) is 12.0 Å². The van der Waals surface area contributed by atoms with Crippen molar-refractivity contribution in [3.63, 3.8) is 0 Å². The summed E-state index contributed by atoms with van der Waals surface area (Å²) in [6.07, 6.45) is 5.93. The van der Waals surface area contributed by atoms with Gasteiger partial charge in [-0.05, 0) is 30.5 Å². The van der Waals surface area contributed by atoms with E-state index < -0.39 is 0 Å². The monoisotopic (exact) mass is 324 g/mol. The molecule has 2 aliphatic heterocycles. The maximum absolute atomic E-state index is 12.7. The molecule has 124 valence electrons. The number of amides is 2. The van der Waals surface area contributed by atoms with Crippen LogP contribution >= 0.6 is 0 Å². The van der Waals surface area contributed by atoms with E-state index >= 15 is 0 Å². The number of anilines is 1. The predicted molar refractivity (Wildman–Crippen MR) is 89.5 cm³/mol. The Kier molecular flexibility index (Phi) is 3.80. The standard InChI is InChI=1S/C18H20N4O2/c23-17(11-15-14-6-1-2-7-16(14)20-18(15)24)21-9-3-5-13(12-21)22-10-4-8-19-22/h1-2,4,6-8,10,13,15H,3,5,9,11-12H2,(H,20,24)/t13-,15-/m1/s1. The summed E-state index contributed by atoms with van der Waals surface area (Å²) in [5, 5.41) is 7.16. The maximum atomic E-state index is 12.7. The van der Waals surface area contributed by atoms with Crippen LogP contribution in [0, 0.1) is 0 Å². The number of hydrogen-bond donors (Lipinski definition) is 1. The van der Waals surface area contributed by atoms with E-state index in [1.807, 2.05) is 46.1 Å². The van der Waals surface area contributed by atoms with Gasteiger partial charge in [-0.1, -0.05) is 18.2 Å². The van der Waals surface area contributed by atoms with Crippen LogP contribution in [0.3, 0.4) is 0 Å². The van der Waals surface area contributed by atoms with Gasteiger partial charge < -0.3 is 10.2 Å². The third-order valence-electron chi connectivity index (χ3n) is 4.94. The molecule has 2 aliphatic rings.